The van der Waals surface area contributed by atoms with Crippen LogP contribution in [0, 0.1) is 5.82 Å². The zero-order valence-corrected chi connectivity index (χ0v) is 12.9. The van der Waals surface area contributed by atoms with Gasteiger partial charge in [-0.1, -0.05) is 19.3 Å². The fraction of sp³-hybridized carbons (Fsp3) is 0.571. The molecule has 118 valence electrons. The van der Waals surface area contributed by atoms with Crippen LogP contribution in [0.5, 0.6) is 5.75 Å². The second kappa shape index (κ2) is 6.29. The average Bonchev–Trinajstić information content (AvgIpc) is 2.46. The van der Waals surface area contributed by atoms with Gasteiger partial charge in [0.15, 0.2) is 11.6 Å². The molecule has 1 aromatic carbocycles. The first-order valence-corrected chi connectivity index (χ1v) is 8.47. The number of halogens is 1. The number of nitrogens with two attached hydrogens (primary N) is 1. The molecular weight excluding hydrogens is 295 g/mol. The van der Waals surface area contributed by atoms with Gasteiger partial charge in [-0.25, -0.2) is 17.5 Å². The van der Waals surface area contributed by atoms with Crippen LogP contribution in [-0.2, 0) is 10.0 Å². The molecule has 1 saturated carbocycles. The second-order valence-electron chi connectivity index (χ2n) is 5.54. The molecule has 1 aromatic rings. The van der Waals surface area contributed by atoms with Gasteiger partial charge in [-0.05, 0) is 31.0 Å². The lowest BCUT2D eigenvalue weighted by atomic mass is 9.83. The molecule has 1 aliphatic carbocycles. The molecule has 0 atom stereocenters. The highest BCUT2D eigenvalue weighted by atomic mass is 32.2. The van der Waals surface area contributed by atoms with E-state index in [1.165, 1.54) is 19.2 Å². The Bertz CT molecular complexity index is 598. The van der Waals surface area contributed by atoms with E-state index in [2.05, 4.69) is 4.72 Å². The largest absolute Gasteiger partial charge is 0.494 e. The third-order valence-electron chi connectivity index (χ3n) is 3.90. The molecular formula is C14H21FN2O3S. The Kier molecular flexibility index (Phi) is 4.85. The standard InChI is InChI=1S/C14H21FN2O3S/c1-20-13-6-5-11(9-12(13)15)21(18,19)17-10-14(16)7-3-2-4-8-14/h5-6,9,17H,2-4,7-8,10,16H2,1H3. The van der Waals surface area contributed by atoms with Gasteiger partial charge in [0.1, 0.15) is 0 Å². The van der Waals surface area contributed by atoms with E-state index >= 15 is 0 Å². The number of hydrogen-bond acceptors (Lipinski definition) is 4. The fourth-order valence-corrected chi connectivity index (χ4v) is 3.72. The van der Waals surface area contributed by atoms with Gasteiger partial charge in [-0.3, -0.25) is 0 Å². The van der Waals surface area contributed by atoms with E-state index in [9.17, 15) is 12.8 Å². The highest BCUT2D eigenvalue weighted by Gasteiger charge is 2.29. The van der Waals surface area contributed by atoms with Crippen molar-refractivity contribution in [2.75, 3.05) is 13.7 Å². The first kappa shape index (κ1) is 16.2. The summed E-state index contributed by atoms with van der Waals surface area (Å²) in [7, 11) is -2.45. The fourth-order valence-electron chi connectivity index (χ4n) is 2.57. The first-order chi connectivity index (χ1) is 9.86. The lowest BCUT2D eigenvalue weighted by Crippen LogP contribution is -2.51. The van der Waals surface area contributed by atoms with Crippen molar-refractivity contribution in [2.24, 2.45) is 5.73 Å². The molecule has 5 nitrogen and oxygen atoms in total. The van der Waals surface area contributed by atoms with E-state index in [0.717, 1.165) is 38.2 Å². The molecule has 0 bridgehead atoms. The van der Waals surface area contributed by atoms with Crippen molar-refractivity contribution >= 4 is 10.0 Å². The summed E-state index contributed by atoms with van der Waals surface area (Å²) in [5.41, 5.74) is 5.70. The smallest absolute Gasteiger partial charge is 0.240 e. The van der Waals surface area contributed by atoms with Crippen molar-refractivity contribution < 1.29 is 17.5 Å². The van der Waals surface area contributed by atoms with Gasteiger partial charge in [0.25, 0.3) is 0 Å². The summed E-state index contributed by atoms with van der Waals surface area (Å²) in [5, 5.41) is 0. The van der Waals surface area contributed by atoms with Crippen molar-refractivity contribution in [3.05, 3.63) is 24.0 Å². The van der Waals surface area contributed by atoms with Gasteiger partial charge in [0, 0.05) is 12.1 Å². The quantitative estimate of drug-likeness (QED) is 0.867. The van der Waals surface area contributed by atoms with Crippen molar-refractivity contribution in [2.45, 2.75) is 42.5 Å². The van der Waals surface area contributed by atoms with Crippen LogP contribution in [0.25, 0.3) is 0 Å². The number of hydrogen-bond donors (Lipinski definition) is 2. The molecule has 21 heavy (non-hydrogen) atoms. The molecule has 0 radical (unpaired) electrons. The number of sulfonamides is 1. The van der Waals surface area contributed by atoms with Crippen molar-refractivity contribution in [3.63, 3.8) is 0 Å². The lowest BCUT2D eigenvalue weighted by Gasteiger charge is -2.33. The maximum atomic E-state index is 13.6. The Labute approximate surface area is 124 Å². The first-order valence-electron chi connectivity index (χ1n) is 6.98. The minimum absolute atomic E-state index is 0.0107. The number of ether oxygens (including phenoxy) is 1. The summed E-state index contributed by atoms with van der Waals surface area (Å²) in [6, 6.07) is 3.56. The normalized spacial score (nSPS) is 18.4. The monoisotopic (exact) mass is 316 g/mol. The molecule has 2 rings (SSSR count). The van der Waals surface area contributed by atoms with E-state index in [4.69, 9.17) is 10.5 Å². The van der Waals surface area contributed by atoms with Gasteiger partial charge in [-0.15, -0.1) is 0 Å². The maximum Gasteiger partial charge on any atom is 0.240 e. The third kappa shape index (κ3) is 3.93. The molecule has 1 aliphatic rings. The molecule has 0 saturated heterocycles. The molecule has 0 heterocycles. The van der Waals surface area contributed by atoms with Crippen LogP contribution in [0.15, 0.2) is 23.1 Å². The van der Waals surface area contributed by atoms with Gasteiger partial charge in [-0.2, -0.15) is 0 Å². The van der Waals surface area contributed by atoms with Crippen LogP contribution in [-0.4, -0.2) is 27.6 Å². The Morgan fingerprint density at radius 3 is 2.57 bits per heavy atom. The van der Waals surface area contributed by atoms with Gasteiger partial charge in [0.05, 0.1) is 12.0 Å². The van der Waals surface area contributed by atoms with Crippen LogP contribution in [0.1, 0.15) is 32.1 Å². The van der Waals surface area contributed by atoms with E-state index in [1.807, 2.05) is 0 Å². The molecule has 3 N–H and O–H groups in total. The van der Waals surface area contributed by atoms with Crippen LogP contribution in [0.3, 0.4) is 0 Å². The zero-order valence-electron chi connectivity index (χ0n) is 12.1. The average molecular weight is 316 g/mol. The second-order valence-corrected chi connectivity index (χ2v) is 7.31. The zero-order chi connectivity index (χ0) is 15.5. The molecule has 0 amide bonds. The van der Waals surface area contributed by atoms with E-state index in [0.29, 0.717) is 0 Å². The van der Waals surface area contributed by atoms with Crippen LogP contribution in [0.2, 0.25) is 0 Å². The molecule has 0 aromatic heterocycles. The van der Waals surface area contributed by atoms with Crippen LogP contribution >= 0.6 is 0 Å². The topological polar surface area (TPSA) is 81.4 Å². The lowest BCUT2D eigenvalue weighted by molar-refractivity contribution is 0.296. The highest BCUT2D eigenvalue weighted by molar-refractivity contribution is 7.89. The summed E-state index contributed by atoms with van der Waals surface area (Å²) < 4.78 is 45.3. The molecule has 0 spiro atoms. The summed E-state index contributed by atoms with van der Waals surface area (Å²) in [6.45, 7) is 0.170. The van der Waals surface area contributed by atoms with Crippen LogP contribution in [0.4, 0.5) is 4.39 Å². The van der Waals surface area contributed by atoms with Crippen molar-refractivity contribution in [1.29, 1.82) is 0 Å². The predicted octanol–water partition coefficient (Wildman–Crippen LogP) is 1.77. The minimum Gasteiger partial charge on any atom is -0.494 e. The maximum absolute atomic E-state index is 13.6. The Hall–Kier alpha value is -1.18. The Balaban J connectivity index is 2.09. The Morgan fingerprint density at radius 2 is 2.00 bits per heavy atom. The van der Waals surface area contributed by atoms with Gasteiger partial charge < -0.3 is 10.5 Å². The minimum atomic E-state index is -3.77. The van der Waals surface area contributed by atoms with E-state index in [1.54, 1.807) is 0 Å². The molecule has 0 unspecified atom stereocenters. The molecule has 1 fully saturated rings. The molecule has 0 aliphatic heterocycles. The third-order valence-corrected chi connectivity index (χ3v) is 5.30. The number of benzene rings is 1. The van der Waals surface area contributed by atoms with E-state index < -0.39 is 21.4 Å². The number of methoxy groups -OCH3 is 1. The number of rotatable bonds is 5. The summed E-state index contributed by atoms with van der Waals surface area (Å²) >= 11 is 0. The summed E-state index contributed by atoms with van der Waals surface area (Å²) in [4.78, 5) is -0.125. The van der Waals surface area contributed by atoms with Gasteiger partial charge >= 0.3 is 0 Å². The van der Waals surface area contributed by atoms with Crippen molar-refractivity contribution in [1.82, 2.24) is 4.72 Å². The van der Waals surface area contributed by atoms with Crippen molar-refractivity contribution in [3.8, 4) is 5.75 Å². The highest BCUT2D eigenvalue weighted by Crippen LogP contribution is 2.26. The van der Waals surface area contributed by atoms with E-state index in [-0.39, 0.29) is 17.2 Å². The SMILES string of the molecule is COc1ccc(S(=O)(=O)NCC2(N)CCCCC2)cc1F. The predicted molar refractivity (Wildman–Crippen MR) is 78.1 cm³/mol. The number of nitrogens with one attached hydrogen (secondary N) is 1. The Morgan fingerprint density at radius 1 is 1.33 bits per heavy atom. The van der Waals surface area contributed by atoms with Crippen LogP contribution < -0.4 is 15.2 Å². The van der Waals surface area contributed by atoms with Gasteiger partial charge in [0.2, 0.25) is 10.0 Å². The summed E-state index contributed by atoms with van der Waals surface area (Å²) in [6.07, 6.45) is 4.75. The molecule has 7 heteroatoms. The summed E-state index contributed by atoms with van der Waals surface area (Å²) in [5.74, 6) is -0.697.